The third kappa shape index (κ3) is 3.28. The summed E-state index contributed by atoms with van der Waals surface area (Å²) < 4.78 is 8.83. The quantitative estimate of drug-likeness (QED) is 0.229. The molecule has 2 aliphatic rings. The average Bonchev–Trinajstić information content (AvgIpc) is 3.32. The minimum absolute atomic E-state index is 0.142. The molecule has 0 fully saturated rings. The molecule has 2 heteroatoms. The molecule has 1 aromatic heterocycles. The first-order chi connectivity index (χ1) is 19.1. The number of hydrogen-bond acceptors (Lipinski definition) is 1. The highest BCUT2D eigenvalue weighted by molar-refractivity contribution is 6.02. The largest absolute Gasteiger partial charge is 0.457 e. The van der Waals surface area contributed by atoms with Gasteiger partial charge in [0.25, 0.3) is 0 Å². The second-order valence-corrected chi connectivity index (χ2v) is 11.3. The second kappa shape index (κ2) is 8.22. The zero-order valence-electron chi connectivity index (χ0n) is 22.2. The van der Waals surface area contributed by atoms with E-state index in [0.29, 0.717) is 0 Å². The number of aromatic nitrogens is 1. The monoisotopic (exact) mass is 503 g/mol. The predicted octanol–water partition coefficient (Wildman–Crippen LogP) is 9.49. The van der Waals surface area contributed by atoms with E-state index in [4.69, 9.17) is 4.74 Å². The number of benzene rings is 5. The van der Waals surface area contributed by atoms with E-state index in [1.165, 1.54) is 61.2 Å². The van der Waals surface area contributed by atoms with E-state index in [0.717, 1.165) is 24.3 Å². The van der Waals surface area contributed by atoms with Crippen molar-refractivity contribution in [2.45, 2.75) is 32.1 Å². The summed E-state index contributed by atoms with van der Waals surface area (Å²) in [4.78, 5) is 0. The van der Waals surface area contributed by atoms with Crippen molar-refractivity contribution in [1.82, 2.24) is 4.57 Å². The second-order valence-electron chi connectivity index (χ2n) is 11.3. The van der Waals surface area contributed by atoms with E-state index in [-0.39, 0.29) is 5.41 Å². The normalized spacial score (nSPS) is 14.6. The molecule has 39 heavy (non-hydrogen) atoms. The SMILES string of the molecule is CC1(C)c2ccccc2Oc2ccc(-c3ccc4c5c(n(-c6ccccc6)c4c3)CCc3ccccc3-5)cc21. The summed E-state index contributed by atoms with van der Waals surface area (Å²) in [5, 5.41) is 1.32. The summed E-state index contributed by atoms with van der Waals surface area (Å²) in [6, 6.07) is 41.8. The van der Waals surface area contributed by atoms with Crippen LogP contribution in [0.25, 0.3) is 38.8 Å². The van der Waals surface area contributed by atoms with Crippen LogP contribution in [0.15, 0.2) is 115 Å². The summed E-state index contributed by atoms with van der Waals surface area (Å²) in [6.07, 6.45) is 2.11. The molecule has 0 saturated carbocycles. The van der Waals surface area contributed by atoms with Crippen molar-refractivity contribution in [1.29, 1.82) is 0 Å². The Hall–Kier alpha value is -4.56. The van der Waals surface area contributed by atoms with Crippen LogP contribution in [0.3, 0.4) is 0 Å². The average molecular weight is 504 g/mol. The van der Waals surface area contributed by atoms with Crippen LogP contribution < -0.4 is 4.74 Å². The lowest BCUT2D eigenvalue weighted by Gasteiger charge is -2.34. The third-order valence-corrected chi connectivity index (χ3v) is 8.77. The summed E-state index contributed by atoms with van der Waals surface area (Å²) in [6.45, 7) is 4.60. The predicted molar refractivity (Wildman–Crippen MR) is 160 cm³/mol. The number of hydrogen-bond donors (Lipinski definition) is 0. The first-order valence-electron chi connectivity index (χ1n) is 13.8. The Balaban J connectivity index is 1.34. The van der Waals surface area contributed by atoms with E-state index in [1.807, 2.05) is 6.07 Å². The molecule has 0 radical (unpaired) electrons. The maximum atomic E-state index is 6.34. The van der Waals surface area contributed by atoms with Crippen molar-refractivity contribution in [2.75, 3.05) is 0 Å². The van der Waals surface area contributed by atoms with Gasteiger partial charge in [-0.3, -0.25) is 0 Å². The Bertz CT molecular complexity index is 1910. The molecule has 188 valence electrons. The number of rotatable bonds is 2. The Morgan fingerprint density at radius 1 is 0.641 bits per heavy atom. The van der Waals surface area contributed by atoms with Crippen LogP contribution in [0.4, 0.5) is 0 Å². The van der Waals surface area contributed by atoms with Gasteiger partial charge in [0.15, 0.2) is 0 Å². The molecular formula is C37H29NO. The molecule has 5 aromatic carbocycles. The zero-order chi connectivity index (χ0) is 26.1. The molecule has 8 rings (SSSR count). The molecule has 0 N–H and O–H groups in total. The third-order valence-electron chi connectivity index (χ3n) is 8.77. The van der Waals surface area contributed by atoms with Gasteiger partial charge in [0.05, 0.1) is 5.52 Å². The van der Waals surface area contributed by atoms with Gasteiger partial charge < -0.3 is 9.30 Å². The van der Waals surface area contributed by atoms with E-state index < -0.39 is 0 Å². The van der Waals surface area contributed by atoms with Crippen LogP contribution in [-0.2, 0) is 18.3 Å². The van der Waals surface area contributed by atoms with Crippen LogP contribution in [0.1, 0.15) is 36.2 Å². The van der Waals surface area contributed by atoms with Crippen LogP contribution in [0, 0.1) is 0 Å². The fraction of sp³-hybridized carbons (Fsp3) is 0.135. The Labute approximate surface area is 229 Å². The molecule has 2 heterocycles. The molecule has 0 atom stereocenters. The summed E-state index contributed by atoms with van der Waals surface area (Å²) in [5.41, 5.74) is 12.8. The van der Waals surface area contributed by atoms with E-state index in [2.05, 4.69) is 128 Å². The number of nitrogens with zero attached hydrogens (tertiary/aromatic N) is 1. The number of aryl methyl sites for hydroxylation is 1. The lowest BCUT2D eigenvalue weighted by molar-refractivity contribution is 0.418. The van der Waals surface area contributed by atoms with Crippen LogP contribution >= 0.6 is 0 Å². The molecule has 1 aliphatic carbocycles. The molecule has 2 nitrogen and oxygen atoms in total. The highest BCUT2D eigenvalue weighted by Crippen LogP contribution is 2.49. The van der Waals surface area contributed by atoms with Crippen LogP contribution in [0.5, 0.6) is 11.5 Å². The van der Waals surface area contributed by atoms with E-state index in [1.54, 1.807) is 0 Å². The standard InChI is InChI=1S/C37H29NO/c1-37(2)30-14-8-9-15-34(30)39-35-21-18-25(22-31(35)37)26-16-19-29-33(23-26)38(27-11-4-3-5-12-27)32-20-17-24-10-6-7-13-28(24)36(29)32/h3-16,18-19,21-23H,17,20H2,1-2H3. The fourth-order valence-electron chi connectivity index (χ4n) is 6.79. The topological polar surface area (TPSA) is 14.2 Å². The molecule has 0 bridgehead atoms. The van der Waals surface area contributed by atoms with E-state index >= 15 is 0 Å². The van der Waals surface area contributed by atoms with Gasteiger partial charge in [-0.2, -0.15) is 0 Å². The first kappa shape index (κ1) is 22.4. The van der Waals surface area contributed by atoms with Crippen molar-refractivity contribution < 1.29 is 4.74 Å². The van der Waals surface area contributed by atoms with Gasteiger partial charge in [0.1, 0.15) is 11.5 Å². The maximum Gasteiger partial charge on any atom is 0.131 e. The van der Waals surface area contributed by atoms with Gasteiger partial charge in [-0.1, -0.05) is 92.7 Å². The Morgan fingerprint density at radius 3 is 2.26 bits per heavy atom. The lowest BCUT2D eigenvalue weighted by atomic mass is 9.75. The fourth-order valence-corrected chi connectivity index (χ4v) is 6.79. The van der Waals surface area contributed by atoms with Crippen LogP contribution in [-0.4, -0.2) is 4.57 Å². The van der Waals surface area contributed by atoms with Crippen molar-refractivity contribution in [3.63, 3.8) is 0 Å². The maximum absolute atomic E-state index is 6.34. The summed E-state index contributed by atoms with van der Waals surface area (Å²) >= 11 is 0. The molecular weight excluding hydrogens is 474 g/mol. The van der Waals surface area contributed by atoms with Crippen molar-refractivity contribution in [3.05, 3.63) is 138 Å². The minimum atomic E-state index is -0.142. The number of para-hydroxylation sites is 2. The first-order valence-corrected chi connectivity index (χ1v) is 13.8. The summed E-state index contributed by atoms with van der Waals surface area (Å²) in [5.74, 6) is 1.90. The van der Waals surface area contributed by atoms with Crippen molar-refractivity contribution >= 4 is 10.9 Å². The highest BCUT2D eigenvalue weighted by Gasteiger charge is 2.34. The molecule has 6 aromatic rings. The molecule has 0 unspecified atom stereocenters. The molecule has 0 saturated heterocycles. The Morgan fingerprint density at radius 2 is 1.36 bits per heavy atom. The minimum Gasteiger partial charge on any atom is -0.457 e. The molecule has 0 amide bonds. The number of ether oxygens (including phenoxy) is 1. The van der Waals surface area contributed by atoms with Gasteiger partial charge in [0.2, 0.25) is 0 Å². The zero-order valence-corrected chi connectivity index (χ0v) is 22.2. The summed E-state index contributed by atoms with van der Waals surface area (Å²) in [7, 11) is 0. The molecule has 0 spiro atoms. The smallest absolute Gasteiger partial charge is 0.131 e. The van der Waals surface area contributed by atoms with Gasteiger partial charge in [-0.05, 0) is 71.5 Å². The van der Waals surface area contributed by atoms with Gasteiger partial charge >= 0.3 is 0 Å². The van der Waals surface area contributed by atoms with Gasteiger partial charge in [-0.25, -0.2) is 0 Å². The van der Waals surface area contributed by atoms with Crippen molar-refractivity contribution in [3.8, 4) is 39.4 Å². The lowest BCUT2D eigenvalue weighted by Crippen LogP contribution is -2.24. The highest BCUT2D eigenvalue weighted by atomic mass is 16.5. The number of fused-ring (bicyclic) bond motifs is 7. The van der Waals surface area contributed by atoms with Gasteiger partial charge in [-0.15, -0.1) is 0 Å². The Kier molecular flexibility index (Phi) is 4.73. The van der Waals surface area contributed by atoms with Crippen molar-refractivity contribution in [2.24, 2.45) is 0 Å². The van der Waals surface area contributed by atoms with Crippen LogP contribution in [0.2, 0.25) is 0 Å². The van der Waals surface area contributed by atoms with Gasteiger partial charge in [0, 0.05) is 38.9 Å². The molecule has 1 aliphatic heterocycles. The van der Waals surface area contributed by atoms with E-state index in [9.17, 15) is 0 Å².